The Morgan fingerprint density at radius 2 is 2.22 bits per heavy atom. The Morgan fingerprint density at radius 3 is 3.00 bits per heavy atom. The van der Waals surface area contributed by atoms with Gasteiger partial charge in [-0.15, -0.1) is 0 Å². The Hall–Kier alpha value is -2.08. The van der Waals surface area contributed by atoms with Crippen LogP contribution in [0.3, 0.4) is 0 Å². The number of nitrogens with one attached hydrogen (secondary N) is 1. The van der Waals surface area contributed by atoms with Crippen LogP contribution >= 0.6 is 0 Å². The van der Waals surface area contributed by atoms with E-state index in [4.69, 9.17) is 9.47 Å². The molecule has 1 N–H and O–H groups in total. The molecule has 23 heavy (non-hydrogen) atoms. The van der Waals surface area contributed by atoms with E-state index in [1.807, 2.05) is 18.2 Å². The monoisotopic (exact) mass is 318 g/mol. The van der Waals surface area contributed by atoms with Crippen molar-refractivity contribution in [1.82, 2.24) is 4.90 Å². The third-order valence-corrected chi connectivity index (χ3v) is 4.49. The molecule has 1 saturated heterocycles. The summed E-state index contributed by atoms with van der Waals surface area (Å²) >= 11 is 0. The topological polar surface area (TPSA) is 67.9 Å². The van der Waals surface area contributed by atoms with Crippen molar-refractivity contribution in [3.05, 3.63) is 29.3 Å². The van der Waals surface area contributed by atoms with Crippen LogP contribution in [0.25, 0.3) is 0 Å². The number of morpholine rings is 1. The Kier molecular flexibility index (Phi) is 4.52. The number of fused-ring (bicyclic) bond motifs is 1. The van der Waals surface area contributed by atoms with Crippen molar-refractivity contribution < 1.29 is 19.1 Å². The molecule has 6 heteroatoms. The number of methoxy groups -OCH3 is 1. The van der Waals surface area contributed by atoms with Crippen molar-refractivity contribution in [2.75, 3.05) is 32.1 Å². The summed E-state index contributed by atoms with van der Waals surface area (Å²) in [6, 6.07) is 4.99. The van der Waals surface area contributed by atoms with Gasteiger partial charge in [-0.05, 0) is 43.5 Å². The zero-order valence-corrected chi connectivity index (χ0v) is 13.5. The highest BCUT2D eigenvalue weighted by Crippen LogP contribution is 2.25. The average Bonchev–Trinajstić information content (AvgIpc) is 2.59. The fraction of sp³-hybridized carbons (Fsp3) is 0.529. The van der Waals surface area contributed by atoms with Crippen LogP contribution in [0.15, 0.2) is 18.2 Å². The summed E-state index contributed by atoms with van der Waals surface area (Å²) in [4.78, 5) is 26.5. The van der Waals surface area contributed by atoms with Gasteiger partial charge in [0.05, 0.1) is 19.8 Å². The molecule has 6 nitrogen and oxygen atoms in total. The Bertz CT molecular complexity index is 617. The molecule has 0 spiro atoms. The van der Waals surface area contributed by atoms with E-state index in [0.717, 1.165) is 30.6 Å². The molecular formula is C17H22N2O4. The molecule has 1 aromatic carbocycles. The zero-order valence-electron chi connectivity index (χ0n) is 13.5. The number of ether oxygens (including phenoxy) is 2. The van der Waals surface area contributed by atoms with Crippen LogP contribution in [0.1, 0.15) is 29.3 Å². The Morgan fingerprint density at radius 1 is 1.39 bits per heavy atom. The van der Waals surface area contributed by atoms with Gasteiger partial charge in [-0.2, -0.15) is 0 Å². The number of esters is 1. The maximum Gasteiger partial charge on any atom is 0.331 e. The van der Waals surface area contributed by atoms with E-state index in [1.54, 1.807) is 11.8 Å². The first-order valence-electron chi connectivity index (χ1n) is 7.99. The molecular weight excluding hydrogens is 296 g/mol. The van der Waals surface area contributed by atoms with Gasteiger partial charge in [0.2, 0.25) is 0 Å². The molecule has 2 atom stereocenters. The van der Waals surface area contributed by atoms with Crippen molar-refractivity contribution in [1.29, 1.82) is 0 Å². The average molecular weight is 318 g/mol. The minimum absolute atomic E-state index is 0.149. The number of carbonyl (C=O) groups is 2. The molecule has 3 rings (SSSR count). The van der Waals surface area contributed by atoms with E-state index in [9.17, 15) is 9.59 Å². The van der Waals surface area contributed by atoms with E-state index < -0.39 is 12.0 Å². The lowest BCUT2D eigenvalue weighted by molar-refractivity contribution is -0.156. The van der Waals surface area contributed by atoms with Gasteiger partial charge in [0, 0.05) is 24.3 Å². The summed E-state index contributed by atoms with van der Waals surface area (Å²) in [6.07, 6.45) is 1.65. The maximum absolute atomic E-state index is 12.9. The van der Waals surface area contributed by atoms with Crippen molar-refractivity contribution in [3.63, 3.8) is 0 Å². The minimum Gasteiger partial charge on any atom is -0.467 e. The summed E-state index contributed by atoms with van der Waals surface area (Å²) in [7, 11) is 1.33. The minimum atomic E-state index is -0.699. The van der Waals surface area contributed by atoms with Crippen LogP contribution in [-0.2, 0) is 20.7 Å². The van der Waals surface area contributed by atoms with E-state index in [0.29, 0.717) is 18.7 Å². The van der Waals surface area contributed by atoms with Gasteiger partial charge in [-0.3, -0.25) is 4.79 Å². The van der Waals surface area contributed by atoms with Crippen LogP contribution in [0.2, 0.25) is 0 Å². The van der Waals surface area contributed by atoms with Crippen LogP contribution in [0.5, 0.6) is 0 Å². The van der Waals surface area contributed by atoms with Crippen LogP contribution in [-0.4, -0.2) is 55.7 Å². The summed E-state index contributed by atoms with van der Waals surface area (Å²) in [5.74, 6) is -0.589. The van der Waals surface area contributed by atoms with Gasteiger partial charge < -0.3 is 19.7 Å². The van der Waals surface area contributed by atoms with Gasteiger partial charge in [-0.25, -0.2) is 4.79 Å². The van der Waals surface area contributed by atoms with Crippen molar-refractivity contribution in [3.8, 4) is 0 Å². The van der Waals surface area contributed by atoms with Gasteiger partial charge in [0.1, 0.15) is 0 Å². The first kappa shape index (κ1) is 15.8. The number of hydrogen-bond donors (Lipinski definition) is 1. The van der Waals surface area contributed by atoms with E-state index in [1.165, 1.54) is 7.11 Å². The summed E-state index contributed by atoms with van der Waals surface area (Å²) in [5, 5.41) is 3.33. The van der Waals surface area contributed by atoms with E-state index >= 15 is 0 Å². The number of anilines is 1. The van der Waals surface area contributed by atoms with Gasteiger partial charge in [-0.1, -0.05) is 0 Å². The zero-order chi connectivity index (χ0) is 16.4. The molecule has 2 aliphatic heterocycles. The fourth-order valence-corrected chi connectivity index (χ4v) is 3.26. The third kappa shape index (κ3) is 3.03. The standard InChI is InChI=1S/C17H22N2O4/c1-11-15(17(21)22-2)19(8-9-23-11)16(20)13-5-6-14-12(10-13)4-3-7-18-14/h5-6,10-11,15,18H,3-4,7-9H2,1-2H3/t11-,15+/m1/s1. The van der Waals surface area contributed by atoms with Gasteiger partial charge in [0.25, 0.3) is 5.91 Å². The van der Waals surface area contributed by atoms with Crippen LogP contribution in [0.4, 0.5) is 5.69 Å². The fourth-order valence-electron chi connectivity index (χ4n) is 3.26. The van der Waals surface area contributed by atoms with Crippen molar-refractivity contribution in [2.24, 2.45) is 0 Å². The lowest BCUT2D eigenvalue weighted by atomic mass is 9.99. The highest BCUT2D eigenvalue weighted by Gasteiger charge is 2.39. The van der Waals surface area contributed by atoms with E-state index in [-0.39, 0.29) is 12.0 Å². The molecule has 2 aliphatic rings. The summed E-state index contributed by atoms with van der Waals surface area (Å²) in [5.41, 5.74) is 2.85. The molecule has 1 amide bonds. The number of carbonyl (C=O) groups excluding carboxylic acids is 2. The number of aryl methyl sites for hydroxylation is 1. The van der Waals surface area contributed by atoms with Crippen LogP contribution in [0, 0.1) is 0 Å². The molecule has 1 fully saturated rings. The maximum atomic E-state index is 12.9. The Labute approximate surface area is 135 Å². The first-order chi connectivity index (χ1) is 11.1. The molecule has 0 radical (unpaired) electrons. The number of hydrogen-bond acceptors (Lipinski definition) is 5. The second-order valence-electron chi connectivity index (χ2n) is 5.94. The Balaban J connectivity index is 1.87. The summed E-state index contributed by atoms with van der Waals surface area (Å²) < 4.78 is 10.4. The lowest BCUT2D eigenvalue weighted by Gasteiger charge is -2.38. The highest BCUT2D eigenvalue weighted by molar-refractivity contribution is 5.97. The predicted molar refractivity (Wildman–Crippen MR) is 85.5 cm³/mol. The summed E-state index contributed by atoms with van der Waals surface area (Å²) in [6.45, 7) is 3.56. The lowest BCUT2D eigenvalue weighted by Crippen LogP contribution is -2.56. The molecule has 0 aliphatic carbocycles. The molecule has 0 unspecified atom stereocenters. The SMILES string of the molecule is COC(=O)[C@@H]1[C@@H](C)OCCN1C(=O)c1ccc2c(c1)CCCN2. The van der Waals surface area contributed by atoms with Gasteiger partial charge in [0.15, 0.2) is 6.04 Å². The molecule has 0 aromatic heterocycles. The predicted octanol–water partition coefficient (Wildman–Crippen LogP) is 1.45. The number of benzene rings is 1. The molecule has 124 valence electrons. The van der Waals surface area contributed by atoms with Crippen molar-refractivity contribution in [2.45, 2.75) is 31.9 Å². The number of amides is 1. The highest BCUT2D eigenvalue weighted by atomic mass is 16.5. The van der Waals surface area contributed by atoms with E-state index in [2.05, 4.69) is 5.32 Å². The molecule has 1 aromatic rings. The smallest absolute Gasteiger partial charge is 0.331 e. The van der Waals surface area contributed by atoms with Gasteiger partial charge >= 0.3 is 5.97 Å². The number of rotatable bonds is 2. The number of nitrogens with zero attached hydrogens (tertiary/aromatic N) is 1. The largest absolute Gasteiger partial charge is 0.467 e. The normalized spacial score (nSPS) is 23.7. The second-order valence-corrected chi connectivity index (χ2v) is 5.94. The third-order valence-electron chi connectivity index (χ3n) is 4.49. The first-order valence-corrected chi connectivity index (χ1v) is 7.99. The molecule has 2 heterocycles. The molecule has 0 bridgehead atoms. The quantitative estimate of drug-likeness (QED) is 0.836. The molecule has 0 saturated carbocycles. The van der Waals surface area contributed by atoms with Crippen LogP contribution < -0.4 is 5.32 Å². The second kappa shape index (κ2) is 6.58. The van der Waals surface area contributed by atoms with Crippen molar-refractivity contribution >= 4 is 17.6 Å².